The van der Waals surface area contributed by atoms with Gasteiger partial charge in [-0.3, -0.25) is 0 Å². The summed E-state index contributed by atoms with van der Waals surface area (Å²) in [5.74, 6) is 1.36. The van der Waals surface area contributed by atoms with Crippen molar-refractivity contribution >= 4 is 11.8 Å². The van der Waals surface area contributed by atoms with Crippen LogP contribution < -0.4 is 9.47 Å². The van der Waals surface area contributed by atoms with Gasteiger partial charge in [-0.15, -0.1) is 10.2 Å². The van der Waals surface area contributed by atoms with E-state index in [1.165, 1.54) is 23.9 Å². The second-order valence-electron chi connectivity index (χ2n) is 5.25. The third-order valence-corrected chi connectivity index (χ3v) is 4.65. The summed E-state index contributed by atoms with van der Waals surface area (Å²) in [5.41, 5.74) is 1.73. The Hall–Kier alpha value is -2.54. The van der Waals surface area contributed by atoms with E-state index in [-0.39, 0.29) is 11.1 Å². The van der Waals surface area contributed by atoms with E-state index < -0.39 is 0 Å². The maximum atomic E-state index is 13.0. The van der Waals surface area contributed by atoms with Crippen LogP contribution in [0.2, 0.25) is 0 Å². The molecule has 0 fully saturated rings. The number of aromatic nitrogens is 2. The van der Waals surface area contributed by atoms with Gasteiger partial charge in [-0.25, -0.2) is 4.39 Å². The summed E-state index contributed by atoms with van der Waals surface area (Å²) < 4.78 is 29.3. The third-order valence-electron chi connectivity index (χ3n) is 3.65. The lowest BCUT2D eigenvalue weighted by molar-refractivity contribution is 0.355. The third kappa shape index (κ3) is 3.93. The Kier molecular flexibility index (Phi) is 5.23. The summed E-state index contributed by atoms with van der Waals surface area (Å²) in [7, 11) is 3.15. The van der Waals surface area contributed by atoms with E-state index in [9.17, 15) is 4.39 Å². The zero-order chi connectivity index (χ0) is 17.8. The van der Waals surface area contributed by atoms with Gasteiger partial charge in [0.1, 0.15) is 5.82 Å². The van der Waals surface area contributed by atoms with Gasteiger partial charge in [0.2, 0.25) is 5.89 Å². The fourth-order valence-electron chi connectivity index (χ4n) is 2.30. The molecule has 0 aliphatic carbocycles. The highest BCUT2D eigenvalue weighted by Crippen LogP contribution is 2.36. The molecule has 2 aromatic carbocycles. The molecule has 1 aromatic heterocycles. The standard InChI is InChI=1S/C18H17FN2O3S/c1-11(12-4-7-14(19)8-5-12)25-18-21-20-17(24-18)13-6-9-15(22-2)16(10-13)23-3/h4-11H,1-3H3/t11-/m0/s1. The van der Waals surface area contributed by atoms with Crippen LogP contribution in [0.15, 0.2) is 52.1 Å². The fraction of sp³-hybridized carbons (Fsp3) is 0.222. The van der Waals surface area contributed by atoms with Crippen LogP contribution in [0, 0.1) is 5.82 Å². The van der Waals surface area contributed by atoms with Crippen molar-refractivity contribution < 1.29 is 18.3 Å². The minimum atomic E-state index is -0.255. The van der Waals surface area contributed by atoms with E-state index in [2.05, 4.69) is 10.2 Å². The molecule has 0 spiro atoms. The van der Waals surface area contributed by atoms with Gasteiger partial charge in [0.15, 0.2) is 11.5 Å². The quantitative estimate of drug-likeness (QED) is 0.592. The van der Waals surface area contributed by atoms with E-state index in [1.807, 2.05) is 13.0 Å². The molecular weight excluding hydrogens is 343 g/mol. The molecule has 5 nitrogen and oxygen atoms in total. The van der Waals surface area contributed by atoms with Gasteiger partial charge in [0.25, 0.3) is 5.22 Å². The monoisotopic (exact) mass is 360 g/mol. The first-order chi connectivity index (χ1) is 12.1. The van der Waals surface area contributed by atoms with Crippen LogP contribution in [0.5, 0.6) is 11.5 Å². The Morgan fingerprint density at radius 3 is 2.40 bits per heavy atom. The van der Waals surface area contributed by atoms with Crippen LogP contribution >= 0.6 is 11.8 Å². The normalized spacial score (nSPS) is 12.0. The van der Waals surface area contributed by atoms with E-state index in [4.69, 9.17) is 13.9 Å². The molecular formula is C18H17FN2O3S. The average molecular weight is 360 g/mol. The van der Waals surface area contributed by atoms with E-state index >= 15 is 0 Å². The zero-order valence-electron chi connectivity index (χ0n) is 14.0. The lowest BCUT2D eigenvalue weighted by Crippen LogP contribution is -1.90. The smallest absolute Gasteiger partial charge is 0.277 e. The van der Waals surface area contributed by atoms with Gasteiger partial charge in [-0.05, 0) is 42.8 Å². The van der Waals surface area contributed by atoms with Crippen molar-refractivity contribution in [3.05, 3.63) is 53.8 Å². The van der Waals surface area contributed by atoms with Gasteiger partial charge in [-0.1, -0.05) is 23.9 Å². The minimum absolute atomic E-state index is 0.0549. The molecule has 0 aliphatic heterocycles. The Morgan fingerprint density at radius 1 is 1.00 bits per heavy atom. The number of ether oxygens (including phenoxy) is 2. The molecule has 3 aromatic rings. The molecule has 0 saturated heterocycles. The number of thioether (sulfide) groups is 1. The molecule has 3 rings (SSSR count). The van der Waals surface area contributed by atoms with Crippen molar-refractivity contribution in [2.75, 3.05) is 14.2 Å². The largest absolute Gasteiger partial charge is 0.493 e. The highest BCUT2D eigenvalue weighted by Gasteiger charge is 2.15. The molecule has 0 N–H and O–H groups in total. The first-order valence-corrected chi connectivity index (χ1v) is 8.46. The van der Waals surface area contributed by atoms with E-state index in [1.54, 1.807) is 38.5 Å². The van der Waals surface area contributed by atoms with Crippen LogP contribution in [-0.4, -0.2) is 24.4 Å². The van der Waals surface area contributed by atoms with Crippen molar-refractivity contribution in [1.82, 2.24) is 10.2 Å². The molecule has 0 aliphatic rings. The molecule has 7 heteroatoms. The van der Waals surface area contributed by atoms with Gasteiger partial charge in [-0.2, -0.15) is 0 Å². The van der Waals surface area contributed by atoms with Crippen molar-refractivity contribution in [2.24, 2.45) is 0 Å². The average Bonchev–Trinajstić information content (AvgIpc) is 3.10. The van der Waals surface area contributed by atoms with Crippen molar-refractivity contribution in [3.8, 4) is 23.0 Å². The molecule has 130 valence electrons. The molecule has 1 atom stereocenters. The Balaban J connectivity index is 1.77. The fourth-order valence-corrected chi connectivity index (χ4v) is 3.11. The van der Waals surface area contributed by atoms with Crippen LogP contribution in [-0.2, 0) is 0 Å². The summed E-state index contributed by atoms with van der Waals surface area (Å²) >= 11 is 1.42. The lowest BCUT2D eigenvalue weighted by Gasteiger charge is -2.08. The Labute approximate surface area is 149 Å². The zero-order valence-corrected chi connectivity index (χ0v) is 14.8. The van der Waals surface area contributed by atoms with Crippen molar-refractivity contribution in [1.29, 1.82) is 0 Å². The van der Waals surface area contributed by atoms with Gasteiger partial charge in [0, 0.05) is 10.8 Å². The predicted molar refractivity (Wildman–Crippen MR) is 93.5 cm³/mol. The van der Waals surface area contributed by atoms with Gasteiger partial charge >= 0.3 is 0 Å². The van der Waals surface area contributed by atoms with Crippen LogP contribution in [0.4, 0.5) is 4.39 Å². The first kappa shape index (κ1) is 17.3. The van der Waals surface area contributed by atoms with Gasteiger partial charge in [0.05, 0.1) is 14.2 Å². The Bertz CT molecular complexity index is 852. The predicted octanol–water partition coefficient (Wildman–Crippen LogP) is 4.75. The highest BCUT2D eigenvalue weighted by atomic mass is 32.2. The molecule has 0 bridgehead atoms. The second kappa shape index (κ2) is 7.57. The number of methoxy groups -OCH3 is 2. The summed E-state index contributed by atoms with van der Waals surface area (Å²) in [6.45, 7) is 2.00. The molecule has 0 radical (unpaired) electrons. The number of rotatable bonds is 6. The topological polar surface area (TPSA) is 57.4 Å². The summed E-state index contributed by atoms with van der Waals surface area (Å²) in [6.07, 6.45) is 0. The maximum absolute atomic E-state index is 13.0. The number of hydrogen-bond donors (Lipinski definition) is 0. The summed E-state index contributed by atoms with van der Waals surface area (Å²) in [4.78, 5) is 0. The van der Waals surface area contributed by atoms with E-state index in [0.717, 1.165) is 11.1 Å². The van der Waals surface area contributed by atoms with Crippen LogP contribution in [0.25, 0.3) is 11.5 Å². The maximum Gasteiger partial charge on any atom is 0.277 e. The molecule has 0 saturated carbocycles. The number of benzene rings is 2. The molecule has 1 heterocycles. The van der Waals surface area contributed by atoms with Crippen molar-refractivity contribution in [2.45, 2.75) is 17.4 Å². The van der Waals surface area contributed by atoms with Crippen LogP contribution in [0.1, 0.15) is 17.7 Å². The number of nitrogens with zero attached hydrogens (tertiary/aromatic N) is 2. The molecule has 25 heavy (non-hydrogen) atoms. The first-order valence-electron chi connectivity index (χ1n) is 7.58. The Morgan fingerprint density at radius 2 is 1.72 bits per heavy atom. The van der Waals surface area contributed by atoms with E-state index in [0.29, 0.717) is 22.6 Å². The second-order valence-corrected chi connectivity index (χ2v) is 6.55. The van der Waals surface area contributed by atoms with Crippen LogP contribution in [0.3, 0.4) is 0 Å². The lowest BCUT2D eigenvalue weighted by atomic mass is 10.2. The SMILES string of the molecule is COc1ccc(-c2nnc(S[C@@H](C)c3ccc(F)cc3)o2)cc1OC. The number of hydrogen-bond acceptors (Lipinski definition) is 6. The van der Waals surface area contributed by atoms with Crippen molar-refractivity contribution in [3.63, 3.8) is 0 Å². The minimum Gasteiger partial charge on any atom is -0.493 e. The summed E-state index contributed by atoms with van der Waals surface area (Å²) in [6, 6.07) is 11.8. The summed E-state index contributed by atoms with van der Waals surface area (Å²) in [5, 5.41) is 8.66. The molecule has 0 amide bonds. The van der Waals surface area contributed by atoms with Gasteiger partial charge < -0.3 is 13.9 Å². The number of halogens is 1. The highest BCUT2D eigenvalue weighted by molar-refractivity contribution is 7.99. The molecule has 0 unspecified atom stereocenters.